The number of amides is 1. The number of hydrogen-bond acceptors (Lipinski definition) is 6. The van der Waals surface area contributed by atoms with Crippen LogP contribution in [0.25, 0.3) is 0 Å². The second-order valence-electron chi connectivity index (χ2n) is 4.45. The van der Waals surface area contributed by atoms with E-state index in [-0.39, 0.29) is 11.9 Å². The van der Waals surface area contributed by atoms with Crippen molar-refractivity contribution in [1.82, 2.24) is 20.1 Å². The maximum Gasteiger partial charge on any atom is 0.230 e. The summed E-state index contributed by atoms with van der Waals surface area (Å²) in [7, 11) is 0. The van der Waals surface area contributed by atoms with Gasteiger partial charge in [0.2, 0.25) is 11.9 Å². The molecule has 0 saturated carbocycles. The average Bonchev–Trinajstić information content (AvgIpc) is 3.03. The molecule has 0 aliphatic heterocycles. The number of carbonyl (C=O) groups is 1. The fourth-order valence-corrected chi connectivity index (χ4v) is 3.20. The standard InChI is InChI=1S/C12H17N5OS2/c1-8(2)17-11(13)15-16-12(17)20-7-10(18)14-6-9-4-3-5-19-9/h3-5,8H,6-7H2,1-2H3,(H2,13,15)(H,14,18). The largest absolute Gasteiger partial charge is 0.368 e. The summed E-state index contributed by atoms with van der Waals surface area (Å²) in [5.74, 6) is 0.651. The van der Waals surface area contributed by atoms with Gasteiger partial charge in [-0.25, -0.2) is 0 Å². The first-order valence-corrected chi connectivity index (χ1v) is 8.06. The summed E-state index contributed by atoms with van der Waals surface area (Å²) in [6, 6.07) is 4.13. The summed E-state index contributed by atoms with van der Waals surface area (Å²) in [6.45, 7) is 4.57. The smallest absolute Gasteiger partial charge is 0.230 e. The molecule has 0 aliphatic rings. The highest BCUT2D eigenvalue weighted by Gasteiger charge is 2.14. The molecule has 0 radical (unpaired) electrons. The zero-order valence-electron chi connectivity index (χ0n) is 11.4. The molecule has 6 nitrogen and oxygen atoms in total. The number of nitrogen functional groups attached to an aromatic ring is 1. The molecule has 0 atom stereocenters. The molecule has 0 fully saturated rings. The minimum atomic E-state index is -0.0275. The highest BCUT2D eigenvalue weighted by Crippen LogP contribution is 2.22. The van der Waals surface area contributed by atoms with E-state index < -0.39 is 0 Å². The van der Waals surface area contributed by atoms with Crippen LogP contribution in [0.1, 0.15) is 24.8 Å². The third-order valence-corrected chi connectivity index (χ3v) is 4.40. The highest BCUT2D eigenvalue weighted by molar-refractivity contribution is 7.99. The summed E-state index contributed by atoms with van der Waals surface area (Å²) in [4.78, 5) is 12.9. The van der Waals surface area contributed by atoms with Gasteiger partial charge in [0.15, 0.2) is 5.16 Å². The van der Waals surface area contributed by atoms with Crippen molar-refractivity contribution in [3.8, 4) is 0 Å². The Labute approximate surface area is 125 Å². The van der Waals surface area contributed by atoms with E-state index in [1.165, 1.54) is 11.8 Å². The van der Waals surface area contributed by atoms with Gasteiger partial charge in [0.1, 0.15) is 0 Å². The maximum atomic E-state index is 11.8. The first-order valence-electron chi connectivity index (χ1n) is 6.20. The van der Waals surface area contributed by atoms with Gasteiger partial charge in [0, 0.05) is 10.9 Å². The van der Waals surface area contributed by atoms with Crippen LogP contribution in [0.15, 0.2) is 22.7 Å². The second-order valence-corrected chi connectivity index (χ2v) is 6.42. The lowest BCUT2D eigenvalue weighted by Gasteiger charge is -2.11. The molecular formula is C12H17N5OS2. The highest BCUT2D eigenvalue weighted by atomic mass is 32.2. The Balaban J connectivity index is 1.84. The molecule has 2 heterocycles. The predicted octanol–water partition coefficient (Wildman–Crippen LogP) is 1.91. The number of nitrogens with zero attached hydrogens (tertiary/aromatic N) is 3. The molecule has 2 aromatic rings. The number of anilines is 1. The molecule has 2 aromatic heterocycles. The molecule has 0 bridgehead atoms. The van der Waals surface area contributed by atoms with Gasteiger partial charge in [-0.3, -0.25) is 9.36 Å². The van der Waals surface area contributed by atoms with Crippen molar-refractivity contribution in [3.63, 3.8) is 0 Å². The molecule has 0 aliphatic carbocycles. The van der Waals surface area contributed by atoms with E-state index in [1.807, 2.05) is 35.9 Å². The van der Waals surface area contributed by atoms with E-state index in [4.69, 9.17) is 5.73 Å². The topological polar surface area (TPSA) is 85.8 Å². The van der Waals surface area contributed by atoms with Crippen LogP contribution in [0.2, 0.25) is 0 Å². The van der Waals surface area contributed by atoms with E-state index in [1.54, 1.807) is 11.3 Å². The SMILES string of the molecule is CC(C)n1c(N)nnc1SCC(=O)NCc1cccs1. The molecule has 2 rings (SSSR count). The fraction of sp³-hybridized carbons (Fsp3) is 0.417. The normalized spacial score (nSPS) is 10.9. The predicted molar refractivity (Wildman–Crippen MR) is 81.7 cm³/mol. The molecule has 0 saturated heterocycles. The van der Waals surface area contributed by atoms with Crippen molar-refractivity contribution in [2.24, 2.45) is 0 Å². The zero-order chi connectivity index (χ0) is 14.5. The Hall–Kier alpha value is -1.54. The van der Waals surface area contributed by atoms with Crippen LogP contribution >= 0.6 is 23.1 Å². The Kier molecular flexibility index (Phi) is 5.02. The van der Waals surface area contributed by atoms with Gasteiger partial charge in [0.25, 0.3) is 0 Å². The van der Waals surface area contributed by atoms with E-state index in [9.17, 15) is 4.79 Å². The Morgan fingerprint density at radius 1 is 1.55 bits per heavy atom. The second kappa shape index (κ2) is 6.76. The Bertz CT molecular complexity index is 564. The monoisotopic (exact) mass is 311 g/mol. The molecular weight excluding hydrogens is 294 g/mol. The van der Waals surface area contributed by atoms with Crippen LogP contribution in [-0.2, 0) is 11.3 Å². The molecule has 1 amide bonds. The van der Waals surface area contributed by atoms with E-state index in [0.29, 0.717) is 23.4 Å². The van der Waals surface area contributed by atoms with Crippen molar-refractivity contribution >= 4 is 35.0 Å². The fourth-order valence-electron chi connectivity index (χ4n) is 1.65. The minimum Gasteiger partial charge on any atom is -0.368 e. The van der Waals surface area contributed by atoms with Crippen LogP contribution in [0.4, 0.5) is 5.95 Å². The van der Waals surface area contributed by atoms with Gasteiger partial charge in [-0.2, -0.15) is 0 Å². The van der Waals surface area contributed by atoms with E-state index in [2.05, 4.69) is 15.5 Å². The molecule has 3 N–H and O–H groups in total. The average molecular weight is 311 g/mol. The zero-order valence-corrected chi connectivity index (χ0v) is 13.0. The molecule has 0 aromatic carbocycles. The number of thiophene rings is 1. The lowest BCUT2D eigenvalue weighted by atomic mass is 10.4. The van der Waals surface area contributed by atoms with Crippen LogP contribution in [-0.4, -0.2) is 26.4 Å². The summed E-state index contributed by atoms with van der Waals surface area (Å²) in [5.41, 5.74) is 5.75. The summed E-state index contributed by atoms with van der Waals surface area (Å²) >= 11 is 2.97. The van der Waals surface area contributed by atoms with Crippen LogP contribution in [0.3, 0.4) is 0 Å². The van der Waals surface area contributed by atoms with Gasteiger partial charge < -0.3 is 11.1 Å². The minimum absolute atomic E-state index is 0.0275. The van der Waals surface area contributed by atoms with Crippen molar-refractivity contribution < 1.29 is 4.79 Å². The maximum absolute atomic E-state index is 11.8. The van der Waals surface area contributed by atoms with Crippen molar-refractivity contribution in [2.45, 2.75) is 31.6 Å². The van der Waals surface area contributed by atoms with Gasteiger partial charge in [-0.15, -0.1) is 21.5 Å². The van der Waals surface area contributed by atoms with Crippen LogP contribution in [0.5, 0.6) is 0 Å². The third-order valence-electron chi connectivity index (χ3n) is 2.58. The number of hydrogen-bond donors (Lipinski definition) is 2. The van der Waals surface area contributed by atoms with Crippen LogP contribution < -0.4 is 11.1 Å². The first-order chi connectivity index (χ1) is 9.58. The van der Waals surface area contributed by atoms with Gasteiger partial charge in [0.05, 0.1) is 12.3 Å². The quantitative estimate of drug-likeness (QED) is 0.796. The molecule has 108 valence electrons. The summed E-state index contributed by atoms with van der Waals surface area (Å²) < 4.78 is 1.82. The molecule has 20 heavy (non-hydrogen) atoms. The van der Waals surface area contributed by atoms with Crippen molar-refractivity contribution in [1.29, 1.82) is 0 Å². The van der Waals surface area contributed by atoms with E-state index in [0.717, 1.165) is 4.88 Å². The number of thioether (sulfide) groups is 1. The van der Waals surface area contributed by atoms with Gasteiger partial charge in [-0.05, 0) is 25.3 Å². The molecule has 8 heteroatoms. The number of nitrogens with two attached hydrogens (primary N) is 1. The van der Waals surface area contributed by atoms with E-state index >= 15 is 0 Å². The number of carbonyl (C=O) groups excluding carboxylic acids is 1. The Morgan fingerprint density at radius 2 is 2.35 bits per heavy atom. The Morgan fingerprint density at radius 3 is 3.00 bits per heavy atom. The number of rotatable bonds is 6. The van der Waals surface area contributed by atoms with Gasteiger partial charge >= 0.3 is 0 Å². The van der Waals surface area contributed by atoms with Crippen molar-refractivity contribution in [3.05, 3.63) is 22.4 Å². The number of aromatic nitrogens is 3. The third kappa shape index (κ3) is 3.73. The molecule has 0 spiro atoms. The van der Waals surface area contributed by atoms with Gasteiger partial charge in [-0.1, -0.05) is 17.8 Å². The summed E-state index contributed by atoms with van der Waals surface area (Å²) in [6.07, 6.45) is 0. The lowest BCUT2D eigenvalue weighted by molar-refractivity contribution is -0.118. The summed E-state index contributed by atoms with van der Waals surface area (Å²) in [5, 5.41) is 13.4. The molecule has 0 unspecified atom stereocenters. The first kappa shape index (κ1) is 14.9. The van der Waals surface area contributed by atoms with Crippen LogP contribution in [0, 0.1) is 0 Å². The number of nitrogens with one attached hydrogen (secondary N) is 1. The van der Waals surface area contributed by atoms with Crippen molar-refractivity contribution in [2.75, 3.05) is 11.5 Å². The lowest BCUT2D eigenvalue weighted by Crippen LogP contribution is -2.24.